The summed E-state index contributed by atoms with van der Waals surface area (Å²) in [6.07, 6.45) is 1.44. The number of nitrogens with zero attached hydrogens (tertiary/aromatic N) is 1. The molecule has 0 spiro atoms. The van der Waals surface area contributed by atoms with E-state index in [-0.39, 0.29) is 11.4 Å². The number of anilines is 1. The van der Waals surface area contributed by atoms with Gasteiger partial charge in [-0.3, -0.25) is 0 Å². The average molecular weight is 237 g/mol. The SMILES string of the molecule is C[C@H](O)c1c(F)cccc1N1CCCC1(C)C. The smallest absolute Gasteiger partial charge is 0.131 e. The van der Waals surface area contributed by atoms with Gasteiger partial charge in [0.1, 0.15) is 5.82 Å². The van der Waals surface area contributed by atoms with E-state index >= 15 is 0 Å². The molecular weight excluding hydrogens is 217 g/mol. The Morgan fingerprint density at radius 3 is 2.65 bits per heavy atom. The Kier molecular flexibility index (Phi) is 3.13. The minimum Gasteiger partial charge on any atom is -0.389 e. The Morgan fingerprint density at radius 2 is 2.12 bits per heavy atom. The summed E-state index contributed by atoms with van der Waals surface area (Å²) in [5.41, 5.74) is 1.29. The molecule has 2 rings (SSSR count). The van der Waals surface area contributed by atoms with Crippen LogP contribution >= 0.6 is 0 Å². The molecule has 3 heteroatoms. The molecule has 1 heterocycles. The molecule has 1 aliphatic heterocycles. The second-order valence-corrected chi connectivity index (χ2v) is 5.42. The Labute approximate surface area is 102 Å². The van der Waals surface area contributed by atoms with Crippen molar-refractivity contribution in [2.45, 2.75) is 45.3 Å². The van der Waals surface area contributed by atoms with Crippen LogP contribution in [0.1, 0.15) is 45.3 Å². The van der Waals surface area contributed by atoms with E-state index in [1.807, 2.05) is 6.07 Å². The van der Waals surface area contributed by atoms with Gasteiger partial charge in [0.25, 0.3) is 0 Å². The van der Waals surface area contributed by atoms with Gasteiger partial charge in [0, 0.05) is 23.3 Å². The van der Waals surface area contributed by atoms with Gasteiger partial charge in [-0.05, 0) is 45.7 Å². The monoisotopic (exact) mass is 237 g/mol. The van der Waals surface area contributed by atoms with E-state index in [9.17, 15) is 9.50 Å². The average Bonchev–Trinajstić information content (AvgIpc) is 2.57. The summed E-state index contributed by atoms with van der Waals surface area (Å²) < 4.78 is 13.8. The second kappa shape index (κ2) is 4.30. The molecule has 1 aromatic rings. The molecule has 0 bridgehead atoms. The topological polar surface area (TPSA) is 23.5 Å². The molecule has 1 aliphatic rings. The summed E-state index contributed by atoms with van der Waals surface area (Å²) in [5.74, 6) is -0.319. The molecule has 1 saturated heterocycles. The van der Waals surface area contributed by atoms with Crippen LogP contribution in [-0.2, 0) is 0 Å². The van der Waals surface area contributed by atoms with Gasteiger partial charge in [0.15, 0.2) is 0 Å². The highest BCUT2D eigenvalue weighted by Gasteiger charge is 2.34. The van der Waals surface area contributed by atoms with E-state index in [2.05, 4.69) is 18.7 Å². The van der Waals surface area contributed by atoms with Crippen molar-refractivity contribution in [3.63, 3.8) is 0 Å². The molecular formula is C14H20FNO. The van der Waals surface area contributed by atoms with E-state index in [4.69, 9.17) is 0 Å². The van der Waals surface area contributed by atoms with Crippen molar-refractivity contribution in [1.82, 2.24) is 0 Å². The molecule has 1 fully saturated rings. The highest BCUT2D eigenvalue weighted by Crippen LogP contribution is 2.38. The molecule has 94 valence electrons. The quantitative estimate of drug-likeness (QED) is 0.853. The fourth-order valence-corrected chi connectivity index (χ4v) is 2.73. The fourth-order valence-electron chi connectivity index (χ4n) is 2.73. The van der Waals surface area contributed by atoms with Gasteiger partial charge in [-0.1, -0.05) is 6.07 Å². The van der Waals surface area contributed by atoms with Crippen LogP contribution < -0.4 is 4.90 Å². The van der Waals surface area contributed by atoms with E-state index in [1.54, 1.807) is 13.0 Å². The third kappa shape index (κ3) is 2.16. The second-order valence-electron chi connectivity index (χ2n) is 5.42. The number of aliphatic hydroxyl groups is 1. The summed E-state index contributed by atoms with van der Waals surface area (Å²) in [6.45, 7) is 6.87. The van der Waals surface area contributed by atoms with Crippen LogP contribution in [-0.4, -0.2) is 17.2 Å². The Balaban J connectivity index is 2.48. The van der Waals surface area contributed by atoms with Gasteiger partial charge in [0.2, 0.25) is 0 Å². The van der Waals surface area contributed by atoms with E-state index < -0.39 is 6.10 Å². The maximum absolute atomic E-state index is 13.8. The molecule has 0 unspecified atom stereocenters. The molecule has 0 saturated carbocycles. The normalized spacial score (nSPS) is 20.6. The summed E-state index contributed by atoms with van der Waals surface area (Å²) in [6, 6.07) is 5.03. The minimum atomic E-state index is -0.775. The Bertz CT molecular complexity index is 415. The number of aliphatic hydroxyl groups excluding tert-OH is 1. The van der Waals surface area contributed by atoms with Crippen molar-refractivity contribution in [1.29, 1.82) is 0 Å². The van der Waals surface area contributed by atoms with Crippen LogP contribution in [0.2, 0.25) is 0 Å². The number of rotatable bonds is 2. The zero-order chi connectivity index (χ0) is 12.6. The van der Waals surface area contributed by atoms with Gasteiger partial charge in [-0.2, -0.15) is 0 Å². The third-order valence-corrected chi connectivity index (χ3v) is 3.64. The van der Waals surface area contributed by atoms with Crippen LogP contribution in [0, 0.1) is 5.82 Å². The van der Waals surface area contributed by atoms with Crippen LogP contribution in [0.25, 0.3) is 0 Å². The first-order valence-electron chi connectivity index (χ1n) is 6.17. The number of benzene rings is 1. The van der Waals surface area contributed by atoms with Crippen molar-refractivity contribution >= 4 is 5.69 Å². The number of halogens is 1. The molecule has 0 aliphatic carbocycles. The number of hydrogen-bond acceptors (Lipinski definition) is 2. The van der Waals surface area contributed by atoms with Gasteiger partial charge in [-0.25, -0.2) is 4.39 Å². The first-order valence-corrected chi connectivity index (χ1v) is 6.17. The zero-order valence-corrected chi connectivity index (χ0v) is 10.7. The lowest BCUT2D eigenvalue weighted by Crippen LogP contribution is -2.39. The zero-order valence-electron chi connectivity index (χ0n) is 10.7. The van der Waals surface area contributed by atoms with Gasteiger partial charge in [0.05, 0.1) is 6.10 Å². The lowest BCUT2D eigenvalue weighted by molar-refractivity contribution is 0.194. The summed E-state index contributed by atoms with van der Waals surface area (Å²) in [4.78, 5) is 2.21. The van der Waals surface area contributed by atoms with Crippen molar-refractivity contribution < 1.29 is 9.50 Å². The predicted molar refractivity (Wildman–Crippen MR) is 67.7 cm³/mol. The van der Waals surface area contributed by atoms with Crippen molar-refractivity contribution in [3.05, 3.63) is 29.6 Å². The number of hydrogen-bond donors (Lipinski definition) is 1. The van der Waals surface area contributed by atoms with Crippen LogP contribution in [0.5, 0.6) is 0 Å². The first kappa shape index (κ1) is 12.4. The highest BCUT2D eigenvalue weighted by atomic mass is 19.1. The maximum Gasteiger partial charge on any atom is 0.131 e. The van der Waals surface area contributed by atoms with E-state index in [0.717, 1.165) is 25.1 Å². The maximum atomic E-state index is 13.8. The summed E-state index contributed by atoms with van der Waals surface area (Å²) >= 11 is 0. The van der Waals surface area contributed by atoms with Crippen molar-refractivity contribution in [2.75, 3.05) is 11.4 Å². The standard InChI is InChI=1S/C14H20FNO/c1-10(17)13-11(15)6-4-7-12(13)16-9-5-8-14(16,2)3/h4,6-7,10,17H,5,8-9H2,1-3H3/t10-/m0/s1. The van der Waals surface area contributed by atoms with Crippen LogP contribution in [0.15, 0.2) is 18.2 Å². The largest absolute Gasteiger partial charge is 0.389 e. The molecule has 0 aromatic heterocycles. The van der Waals surface area contributed by atoms with Gasteiger partial charge < -0.3 is 10.0 Å². The predicted octanol–water partition coefficient (Wildman–Crippen LogP) is 3.26. The lowest BCUT2D eigenvalue weighted by Gasteiger charge is -2.35. The molecule has 17 heavy (non-hydrogen) atoms. The molecule has 2 nitrogen and oxygen atoms in total. The Hall–Kier alpha value is -1.09. The van der Waals surface area contributed by atoms with E-state index in [0.29, 0.717) is 5.56 Å². The van der Waals surface area contributed by atoms with Gasteiger partial charge >= 0.3 is 0 Å². The van der Waals surface area contributed by atoms with Crippen molar-refractivity contribution in [2.24, 2.45) is 0 Å². The molecule has 0 amide bonds. The molecule has 1 atom stereocenters. The van der Waals surface area contributed by atoms with E-state index in [1.165, 1.54) is 6.07 Å². The molecule has 1 aromatic carbocycles. The minimum absolute atomic E-state index is 0.0391. The highest BCUT2D eigenvalue weighted by molar-refractivity contribution is 5.57. The first-order chi connectivity index (χ1) is 7.93. The molecule has 1 N–H and O–H groups in total. The lowest BCUT2D eigenvalue weighted by atomic mass is 9.99. The van der Waals surface area contributed by atoms with Crippen molar-refractivity contribution in [3.8, 4) is 0 Å². The third-order valence-electron chi connectivity index (χ3n) is 3.64. The fraction of sp³-hybridized carbons (Fsp3) is 0.571. The van der Waals surface area contributed by atoms with Crippen LogP contribution in [0.3, 0.4) is 0 Å². The molecule has 0 radical (unpaired) electrons. The Morgan fingerprint density at radius 1 is 1.41 bits per heavy atom. The van der Waals surface area contributed by atoms with Gasteiger partial charge in [-0.15, -0.1) is 0 Å². The summed E-state index contributed by atoms with van der Waals surface area (Å²) in [7, 11) is 0. The van der Waals surface area contributed by atoms with Crippen LogP contribution in [0.4, 0.5) is 10.1 Å². The summed E-state index contributed by atoms with van der Waals surface area (Å²) in [5, 5.41) is 9.75.